The average Bonchev–Trinajstić information content (AvgIpc) is 0.779. The van der Waals surface area contributed by atoms with E-state index < -0.39 is 59.7 Å². The van der Waals surface area contributed by atoms with Crippen LogP contribution in [0.1, 0.15) is 61.6 Å². The molecule has 0 radical (unpaired) electrons. The molecule has 0 aliphatic carbocycles. The van der Waals surface area contributed by atoms with Gasteiger partial charge in [-0.05, 0) is 116 Å². The highest BCUT2D eigenvalue weighted by atomic mass is 16.4. The van der Waals surface area contributed by atoms with Gasteiger partial charge in [0.15, 0.2) is 0 Å². The van der Waals surface area contributed by atoms with Gasteiger partial charge in [0, 0.05) is 87.4 Å². The molecule has 0 aliphatic heterocycles. The fourth-order valence-corrected chi connectivity index (χ4v) is 10.5. The van der Waals surface area contributed by atoms with Gasteiger partial charge in [-0.2, -0.15) is 0 Å². The van der Waals surface area contributed by atoms with Crippen LogP contribution >= 0.6 is 0 Å². The van der Waals surface area contributed by atoms with Crippen molar-refractivity contribution in [2.45, 2.75) is 67.0 Å². The Bertz CT molecular complexity index is 4640. The summed E-state index contributed by atoms with van der Waals surface area (Å²) in [5.41, 5.74) is 6.01. The fraction of sp³-hybridized carbons (Fsp3) is 0.122. The molecule has 0 saturated heterocycles. The number of nitrogens with one attached hydrogen (secondary N) is 6. The van der Waals surface area contributed by atoms with Crippen LogP contribution in [0, 0.1) is 0 Å². The minimum absolute atomic E-state index is 0. The summed E-state index contributed by atoms with van der Waals surface area (Å²) in [6, 6.07) is 61.2. The quantitative estimate of drug-likeness (QED) is 0.0273. The van der Waals surface area contributed by atoms with Gasteiger partial charge in [0.2, 0.25) is 23.6 Å². The lowest BCUT2D eigenvalue weighted by atomic mass is 9.96. The van der Waals surface area contributed by atoms with E-state index >= 15 is 0 Å². The van der Waals surface area contributed by atoms with Gasteiger partial charge in [-0.25, -0.2) is 58.3 Å². The molecule has 0 spiro atoms. The zero-order chi connectivity index (χ0) is 85.8. The van der Waals surface area contributed by atoms with E-state index in [1.807, 2.05) is 48.5 Å². The van der Waals surface area contributed by atoms with Crippen molar-refractivity contribution < 1.29 is 139 Å². The number of amides is 4. The molecule has 4 aromatic heterocycles. The Kier molecular flexibility index (Phi) is 42.9. The Balaban J connectivity index is 0.000000543. The van der Waals surface area contributed by atoms with E-state index in [1.165, 1.54) is 91.7 Å². The van der Waals surface area contributed by atoms with E-state index in [-0.39, 0.29) is 34.6 Å². The van der Waals surface area contributed by atoms with Gasteiger partial charge in [-0.15, -0.1) is 0 Å². The minimum Gasteiger partial charge on any atom is -0.545 e. The monoisotopic (exact) mass is 1620 g/mol. The molecule has 36 heteroatoms. The predicted octanol–water partition coefficient (Wildman–Crippen LogP) is 3.21. The standard InChI is InChI=1S/2C31H29N5O2.5C4H4O4.2H2O/c2*1-21(37)32-30-15-7-11-25(34-30)18-36(19-26-12-8-16-31(35-26)33-22(2)38)20-29-27-13-5-3-9-23(27)17-24-10-4-6-14-28(24)29;5*5-3(6)1-2-4(7)8;;/h2*3-17H,18-20H2,1-2H3,(H,32,34,37)(H,33,35,38);5*1-2H,(H,5,6)(H,7,8);2*1H2/b;;5*2-1+;;. The van der Waals surface area contributed by atoms with Crippen molar-refractivity contribution in [2.75, 3.05) is 21.3 Å². The highest BCUT2D eigenvalue weighted by molar-refractivity contribution is 6.04. The van der Waals surface area contributed by atoms with Gasteiger partial charge in [-0.1, -0.05) is 121 Å². The first-order valence-corrected chi connectivity index (χ1v) is 34.1. The molecule has 0 bridgehead atoms. The summed E-state index contributed by atoms with van der Waals surface area (Å²) in [6.07, 6.45) is 5.23. The van der Waals surface area contributed by atoms with E-state index in [1.54, 1.807) is 24.3 Å². The van der Waals surface area contributed by atoms with E-state index in [0.717, 1.165) is 35.9 Å². The summed E-state index contributed by atoms with van der Waals surface area (Å²) in [7, 11) is 0. The first-order valence-electron chi connectivity index (χ1n) is 34.1. The number of fused-ring (bicyclic) bond motifs is 4. The molecule has 10 aromatic rings. The molecule has 0 saturated carbocycles. The number of rotatable bonds is 26. The van der Waals surface area contributed by atoms with Crippen LogP contribution in [0.25, 0.3) is 43.1 Å². The molecule has 10 rings (SSSR count). The van der Waals surface area contributed by atoms with Crippen LogP contribution in [0.4, 0.5) is 23.3 Å². The van der Waals surface area contributed by atoms with Crippen LogP contribution in [0.3, 0.4) is 0 Å². The first kappa shape index (κ1) is 98.2. The third-order valence-electron chi connectivity index (χ3n) is 14.6. The molecule has 0 fully saturated rings. The van der Waals surface area contributed by atoms with Gasteiger partial charge in [-0.3, -0.25) is 19.2 Å². The second kappa shape index (κ2) is 51.6. The Hall–Kier alpha value is -15.9. The summed E-state index contributed by atoms with van der Waals surface area (Å²) >= 11 is 0. The highest BCUT2D eigenvalue weighted by Gasteiger charge is 2.21. The van der Waals surface area contributed by atoms with Crippen LogP contribution < -0.4 is 41.3 Å². The zero-order valence-corrected chi connectivity index (χ0v) is 63.2. The van der Waals surface area contributed by atoms with Crippen molar-refractivity contribution in [1.82, 2.24) is 19.9 Å². The Labute approximate surface area is 670 Å². The summed E-state index contributed by atoms with van der Waals surface area (Å²) in [5, 5.41) is 102. The van der Waals surface area contributed by atoms with Crippen LogP contribution in [-0.2, 0) is 106 Å². The van der Waals surface area contributed by atoms with Crippen molar-refractivity contribution in [3.63, 3.8) is 0 Å². The van der Waals surface area contributed by atoms with Crippen LogP contribution in [0.15, 0.2) is 243 Å². The number of anilines is 4. The van der Waals surface area contributed by atoms with Crippen molar-refractivity contribution in [2.24, 2.45) is 0 Å². The van der Waals surface area contributed by atoms with E-state index in [4.69, 9.17) is 40.9 Å². The van der Waals surface area contributed by atoms with Gasteiger partial charge in [0.05, 0.1) is 34.7 Å². The summed E-state index contributed by atoms with van der Waals surface area (Å²) < 4.78 is 0. The van der Waals surface area contributed by atoms with Crippen molar-refractivity contribution in [3.8, 4) is 0 Å². The number of carbonyl (C=O) groups excluding carboxylic acids is 6. The normalized spacial score (nSPS) is 10.4. The number of carboxylic acid groups (broad SMARTS) is 10. The number of quaternary nitrogens is 2. The molecule has 4 amide bonds. The van der Waals surface area contributed by atoms with E-state index in [0.29, 0.717) is 110 Å². The maximum atomic E-state index is 11.6. The predicted molar refractivity (Wildman–Crippen MR) is 425 cm³/mol. The molecule has 6 aromatic carbocycles. The van der Waals surface area contributed by atoms with Gasteiger partial charge >= 0.3 is 47.8 Å². The first-order chi connectivity index (χ1) is 55.0. The lowest BCUT2D eigenvalue weighted by Crippen LogP contribution is -3.08. The lowest BCUT2D eigenvalue weighted by Gasteiger charge is -2.22. The minimum atomic E-state index is -1.55. The molecule has 616 valence electrons. The fourth-order valence-electron chi connectivity index (χ4n) is 10.5. The number of carbonyl (C=O) groups is 14. The third-order valence-corrected chi connectivity index (χ3v) is 14.6. The Morgan fingerprint density at radius 3 is 0.636 bits per heavy atom. The molecule has 0 atom stereocenters. The molecular weight excluding hydrogens is 1540 g/mol. The zero-order valence-electron chi connectivity index (χ0n) is 63.2. The highest BCUT2D eigenvalue weighted by Crippen LogP contribution is 2.30. The molecule has 4 heterocycles. The van der Waals surface area contributed by atoms with Crippen LogP contribution in [0.5, 0.6) is 0 Å². The van der Waals surface area contributed by atoms with Gasteiger partial charge < -0.3 is 103 Å². The molecule has 0 aliphatic rings. The van der Waals surface area contributed by atoms with Crippen molar-refractivity contribution in [1.29, 1.82) is 0 Å². The molecule has 118 heavy (non-hydrogen) atoms. The third kappa shape index (κ3) is 39.8. The number of pyridine rings is 4. The summed E-state index contributed by atoms with van der Waals surface area (Å²) in [6.45, 7) is 9.87. The topological polar surface area (TPSA) is 619 Å². The Morgan fingerprint density at radius 1 is 0.280 bits per heavy atom. The second-order valence-corrected chi connectivity index (χ2v) is 23.9. The van der Waals surface area contributed by atoms with Crippen molar-refractivity contribution in [3.05, 3.63) is 277 Å². The molecular formula is C82H82N10O26. The molecule has 0 unspecified atom stereocenters. The maximum Gasteiger partial charge on any atom is 0.328 e. The largest absolute Gasteiger partial charge is 0.545 e. The van der Waals surface area contributed by atoms with Crippen LogP contribution in [0.2, 0.25) is 0 Å². The SMILES string of the molecule is CC(=O)Nc1cccc(C[NH+](Cc2cccc(NC(C)=O)n2)Cc2c3ccccc3cc3ccccc23)n1.CC(=O)Nc1cccc(C[NH+](Cc2cccc(NC(C)=O)n2)Cc2c3ccccc3cc3ccccc23)n1.O.O.O=C(O)/C=C/C(=O)O.O=C(O)/C=C/C(=O)O.O=C(O)/C=C/C(=O)O.O=C(O)/C=C/C(=O)O.O=C([O-])/C=C/C(=O)[O-]. The number of aromatic nitrogens is 4. The number of hydrogen-bond donors (Lipinski definition) is 14. The number of hydrogen-bond acceptors (Lipinski definition) is 20. The Morgan fingerprint density at radius 2 is 0.466 bits per heavy atom. The van der Waals surface area contributed by atoms with E-state index in [9.17, 15) is 77.3 Å². The number of carboxylic acids is 10. The summed E-state index contributed by atoms with van der Waals surface area (Å²) in [5.74, 6) is -11.6. The van der Waals surface area contributed by atoms with Crippen molar-refractivity contribution >= 4 is 150 Å². The van der Waals surface area contributed by atoms with Gasteiger partial charge in [0.25, 0.3) is 0 Å². The molecule has 18 N–H and O–H groups in total. The molecule has 36 nitrogen and oxygen atoms in total. The second-order valence-electron chi connectivity index (χ2n) is 23.9. The number of benzene rings is 6. The smallest absolute Gasteiger partial charge is 0.328 e. The lowest BCUT2D eigenvalue weighted by molar-refractivity contribution is -0.941. The van der Waals surface area contributed by atoms with Crippen LogP contribution in [-0.4, -0.2) is 155 Å². The van der Waals surface area contributed by atoms with E-state index in [2.05, 4.69) is 150 Å². The number of aliphatic carboxylic acids is 10. The average molecular weight is 1620 g/mol. The summed E-state index contributed by atoms with van der Waals surface area (Å²) in [4.78, 5) is 163. The van der Waals surface area contributed by atoms with Gasteiger partial charge in [0.1, 0.15) is 62.5 Å². The maximum absolute atomic E-state index is 11.6. The number of nitrogens with zero attached hydrogens (tertiary/aromatic N) is 4.